The number of hydrogen-bond acceptors (Lipinski definition) is 5. The van der Waals surface area contributed by atoms with Crippen molar-refractivity contribution < 1.29 is 18.7 Å². The molecule has 0 spiro atoms. The Bertz CT molecular complexity index is 778. The van der Waals surface area contributed by atoms with Crippen LogP contribution in [0.1, 0.15) is 31.9 Å². The summed E-state index contributed by atoms with van der Waals surface area (Å²) in [7, 11) is -2.88. The van der Waals surface area contributed by atoms with Gasteiger partial charge in [-0.25, -0.2) is 4.74 Å². The first-order chi connectivity index (χ1) is 13.9. The van der Waals surface area contributed by atoms with Gasteiger partial charge in [0.05, 0.1) is 38.4 Å². The molecule has 0 amide bonds. The highest BCUT2D eigenvalue weighted by Gasteiger charge is 2.36. The monoisotopic (exact) mass is 547 g/mol. The number of aliphatic hydroxyl groups is 1. The van der Waals surface area contributed by atoms with Gasteiger partial charge >= 0.3 is 7.74 Å². The number of aliphatic hydroxyl groups excluding tert-OH is 1. The molecule has 160 valence electrons. The smallest absolute Gasteiger partial charge is 0.355 e. The number of halogens is 2. The van der Waals surface area contributed by atoms with Crippen LogP contribution < -0.4 is 0 Å². The lowest BCUT2D eigenvalue weighted by Gasteiger charge is -2.33. The van der Waals surface area contributed by atoms with Crippen molar-refractivity contribution in [1.82, 2.24) is 0 Å². The minimum Gasteiger partial charge on any atom is -0.395 e. The first kappa shape index (κ1) is 24.7. The molecular weight excluding hydrogens is 521 g/mol. The normalized spacial score (nSPS) is 12.2. The van der Waals surface area contributed by atoms with Crippen molar-refractivity contribution >= 4 is 39.6 Å². The van der Waals surface area contributed by atoms with Crippen molar-refractivity contribution in [2.45, 2.75) is 26.2 Å². The van der Waals surface area contributed by atoms with E-state index in [1.165, 1.54) is 0 Å². The summed E-state index contributed by atoms with van der Waals surface area (Å²) in [6.45, 7) is 7.09. The van der Waals surface area contributed by atoms with Crippen molar-refractivity contribution in [3.05, 3.63) is 68.6 Å². The SMILES string of the molecule is CCOP(=NCC(CO)(c1cccc(Br)c1)c1cccc(Br)c1)(OCC)OCC. The van der Waals surface area contributed by atoms with Crippen LogP contribution in [0, 0.1) is 0 Å². The maximum atomic E-state index is 10.7. The average molecular weight is 549 g/mol. The maximum absolute atomic E-state index is 10.7. The number of benzene rings is 2. The van der Waals surface area contributed by atoms with Gasteiger partial charge in [0, 0.05) is 8.95 Å². The molecule has 0 fully saturated rings. The topological polar surface area (TPSA) is 60.3 Å². The predicted molar refractivity (Wildman–Crippen MR) is 125 cm³/mol. The molecular formula is C21H28Br2NO4P. The van der Waals surface area contributed by atoms with Crippen molar-refractivity contribution in [3.8, 4) is 0 Å². The summed E-state index contributed by atoms with van der Waals surface area (Å²) in [5.74, 6) is 0. The molecule has 0 saturated heterocycles. The fourth-order valence-corrected chi connectivity index (χ4v) is 5.75. The van der Waals surface area contributed by atoms with E-state index < -0.39 is 13.2 Å². The zero-order valence-corrected chi connectivity index (χ0v) is 21.0. The molecule has 5 nitrogen and oxygen atoms in total. The fraction of sp³-hybridized carbons (Fsp3) is 0.429. The Balaban J connectivity index is 2.66. The highest BCUT2D eigenvalue weighted by Crippen LogP contribution is 2.54. The molecule has 0 bridgehead atoms. The predicted octanol–water partition coefficient (Wildman–Crippen LogP) is 6.55. The molecule has 0 aliphatic heterocycles. The molecule has 2 aromatic carbocycles. The number of hydrogen-bond donors (Lipinski definition) is 1. The molecule has 2 rings (SSSR count). The third-order valence-corrected chi connectivity index (χ3v) is 7.64. The summed E-state index contributed by atoms with van der Waals surface area (Å²) < 4.78 is 24.3. The van der Waals surface area contributed by atoms with Gasteiger partial charge in [-0.2, -0.15) is 0 Å². The third-order valence-electron chi connectivity index (χ3n) is 4.41. The first-order valence-electron chi connectivity index (χ1n) is 9.60. The minimum absolute atomic E-state index is 0.131. The lowest BCUT2D eigenvalue weighted by Crippen LogP contribution is -2.35. The molecule has 0 heterocycles. The van der Waals surface area contributed by atoms with Gasteiger partial charge in [0.15, 0.2) is 0 Å². The summed E-state index contributed by atoms with van der Waals surface area (Å²) >= 11 is 7.09. The minimum atomic E-state index is -2.88. The molecule has 0 saturated carbocycles. The molecule has 0 unspecified atom stereocenters. The Morgan fingerprint density at radius 3 is 1.66 bits per heavy atom. The van der Waals surface area contributed by atoms with Gasteiger partial charge in [0.25, 0.3) is 0 Å². The quantitative estimate of drug-likeness (QED) is 0.324. The first-order valence-corrected chi connectivity index (χ1v) is 12.7. The van der Waals surface area contributed by atoms with Crippen LogP contribution in [-0.4, -0.2) is 38.1 Å². The van der Waals surface area contributed by atoms with Crippen LogP contribution in [0.25, 0.3) is 0 Å². The maximum Gasteiger partial charge on any atom is 0.355 e. The van der Waals surface area contributed by atoms with Crippen molar-refractivity contribution in [1.29, 1.82) is 0 Å². The van der Waals surface area contributed by atoms with Crippen LogP contribution in [0.4, 0.5) is 0 Å². The lowest BCUT2D eigenvalue weighted by atomic mass is 9.75. The molecule has 1 N–H and O–H groups in total. The second kappa shape index (κ2) is 11.8. The number of rotatable bonds is 11. The Kier molecular flexibility index (Phi) is 10.0. The zero-order valence-electron chi connectivity index (χ0n) is 17.0. The van der Waals surface area contributed by atoms with Gasteiger partial charge in [-0.05, 0) is 56.2 Å². The summed E-state index contributed by atoms with van der Waals surface area (Å²) in [6.07, 6.45) is 0. The van der Waals surface area contributed by atoms with E-state index in [0.29, 0.717) is 19.8 Å². The molecule has 29 heavy (non-hydrogen) atoms. The van der Waals surface area contributed by atoms with Crippen LogP contribution in [0.5, 0.6) is 0 Å². The second-order valence-corrected chi connectivity index (χ2v) is 10.1. The molecule has 0 aliphatic carbocycles. The zero-order chi connectivity index (χ0) is 21.3. The van der Waals surface area contributed by atoms with Crippen molar-refractivity contribution in [3.63, 3.8) is 0 Å². The fourth-order valence-electron chi connectivity index (χ4n) is 3.09. The highest BCUT2D eigenvalue weighted by atomic mass is 79.9. The molecule has 0 aromatic heterocycles. The van der Waals surface area contributed by atoms with Crippen LogP contribution in [0.2, 0.25) is 0 Å². The Morgan fingerprint density at radius 1 is 0.862 bits per heavy atom. The van der Waals surface area contributed by atoms with Gasteiger partial charge in [0.1, 0.15) is 0 Å². The summed E-state index contributed by atoms with van der Waals surface area (Å²) in [5, 5.41) is 10.7. The molecule has 0 radical (unpaired) electrons. The van der Waals surface area contributed by atoms with Gasteiger partial charge in [-0.1, -0.05) is 56.1 Å². The Hall–Kier alpha value is -0.530. The molecule has 8 heteroatoms. The largest absolute Gasteiger partial charge is 0.395 e. The highest BCUT2D eigenvalue weighted by molar-refractivity contribution is 9.10. The average Bonchev–Trinajstić information content (AvgIpc) is 2.70. The second-order valence-electron chi connectivity index (χ2n) is 6.28. The Morgan fingerprint density at radius 2 is 1.31 bits per heavy atom. The van der Waals surface area contributed by atoms with Crippen LogP contribution in [0.15, 0.2) is 62.2 Å². The van der Waals surface area contributed by atoms with Crippen molar-refractivity contribution in [2.24, 2.45) is 4.74 Å². The van der Waals surface area contributed by atoms with E-state index in [1.807, 2.05) is 69.3 Å². The van der Waals surface area contributed by atoms with E-state index >= 15 is 0 Å². The van der Waals surface area contributed by atoms with E-state index in [4.69, 9.17) is 18.3 Å². The van der Waals surface area contributed by atoms with Crippen molar-refractivity contribution in [2.75, 3.05) is 33.0 Å². The van der Waals surface area contributed by atoms with Crippen LogP contribution >= 0.6 is 39.6 Å². The molecule has 2 aromatic rings. The lowest BCUT2D eigenvalue weighted by molar-refractivity contribution is 0.159. The van der Waals surface area contributed by atoms with E-state index in [9.17, 15) is 5.11 Å². The van der Waals surface area contributed by atoms with Gasteiger partial charge in [0.2, 0.25) is 0 Å². The molecule has 0 aliphatic rings. The van der Waals surface area contributed by atoms with Gasteiger partial charge < -0.3 is 18.7 Å². The van der Waals surface area contributed by atoms with E-state index in [1.54, 1.807) is 0 Å². The van der Waals surface area contributed by atoms with E-state index in [0.717, 1.165) is 20.1 Å². The van der Waals surface area contributed by atoms with E-state index in [2.05, 4.69) is 31.9 Å². The standard InChI is InChI=1S/C21H28Br2NO4P/c1-4-26-29(27-5-2,28-6-3)24-15-21(16-25,17-9-7-11-19(22)13-17)18-10-8-12-20(23)14-18/h7-14,25H,4-6,15-16H2,1-3H3. The summed E-state index contributed by atoms with van der Waals surface area (Å²) in [4.78, 5) is 0. The molecule has 0 atom stereocenters. The van der Waals surface area contributed by atoms with Crippen LogP contribution in [-0.2, 0) is 19.0 Å². The summed E-state index contributed by atoms with van der Waals surface area (Å²) in [5.41, 5.74) is 1.11. The van der Waals surface area contributed by atoms with Gasteiger partial charge in [-0.15, -0.1) is 0 Å². The van der Waals surface area contributed by atoms with E-state index in [-0.39, 0.29) is 13.2 Å². The van der Waals surface area contributed by atoms with Gasteiger partial charge in [-0.3, -0.25) is 0 Å². The third kappa shape index (κ3) is 6.23. The Labute approximate surface area is 190 Å². The number of nitrogens with zero attached hydrogens (tertiary/aromatic N) is 1. The summed E-state index contributed by atoms with van der Waals surface area (Å²) in [6, 6.07) is 15.8. The van der Waals surface area contributed by atoms with Crippen LogP contribution in [0.3, 0.4) is 0 Å².